The highest BCUT2D eigenvalue weighted by Gasteiger charge is 2.03. The number of halogens is 1. The summed E-state index contributed by atoms with van der Waals surface area (Å²) in [6, 6.07) is 12.2. The predicted octanol–water partition coefficient (Wildman–Crippen LogP) is 4.05. The second-order valence-corrected chi connectivity index (χ2v) is 5.62. The molecule has 0 spiro atoms. The number of aliphatic carboxylic acids is 1. The summed E-state index contributed by atoms with van der Waals surface area (Å²) in [4.78, 5) is 11.6. The highest BCUT2D eigenvalue weighted by atomic mass is 32.2. The van der Waals surface area contributed by atoms with E-state index in [9.17, 15) is 9.18 Å². The molecule has 0 saturated carbocycles. The summed E-state index contributed by atoms with van der Waals surface area (Å²) in [7, 11) is 0. The van der Waals surface area contributed by atoms with Crippen LogP contribution >= 0.6 is 11.8 Å². The average molecular weight is 290 g/mol. The third-order valence-electron chi connectivity index (χ3n) is 2.98. The average Bonchev–Trinajstić information content (AvgIpc) is 2.41. The number of carbonyl (C=O) groups is 1. The summed E-state index contributed by atoms with van der Waals surface area (Å²) >= 11 is 1.61. The molecule has 0 saturated heterocycles. The molecule has 104 valence electrons. The fourth-order valence-electron chi connectivity index (χ4n) is 1.83. The third-order valence-corrected chi connectivity index (χ3v) is 4.05. The first-order chi connectivity index (χ1) is 9.54. The van der Waals surface area contributed by atoms with Crippen molar-refractivity contribution in [3.05, 3.63) is 65.0 Å². The first-order valence-corrected chi connectivity index (χ1v) is 7.22. The van der Waals surface area contributed by atoms with E-state index in [0.717, 1.165) is 21.6 Å². The summed E-state index contributed by atoms with van der Waals surface area (Å²) in [6.07, 6.45) is 0.0357. The monoisotopic (exact) mass is 290 g/mol. The zero-order valence-corrected chi connectivity index (χ0v) is 11.9. The van der Waals surface area contributed by atoms with Crippen molar-refractivity contribution >= 4 is 17.7 Å². The molecule has 2 nitrogen and oxygen atoms in total. The van der Waals surface area contributed by atoms with Gasteiger partial charge in [-0.2, -0.15) is 0 Å². The van der Waals surface area contributed by atoms with Crippen LogP contribution in [0.4, 0.5) is 4.39 Å². The molecule has 0 atom stereocenters. The van der Waals surface area contributed by atoms with Gasteiger partial charge in [-0.3, -0.25) is 4.79 Å². The molecule has 1 N–H and O–H groups in total. The van der Waals surface area contributed by atoms with Gasteiger partial charge in [0, 0.05) is 10.6 Å². The Hall–Kier alpha value is -1.81. The molecule has 2 aromatic carbocycles. The zero-order chi connectivity index (χ0) is 14.5. The van der Waals surface area contributed by atoms with Crippen LogP contribution in [0, 0.1) is 12.7 Å². The van der Waals surface area contributed by atoms with Crippen LogP contribution in [-0.4, -0.2) is 11.1 Å². The van der Waals surface area contributed by atoms with Gasteiger partial charge in [0.2, 0.25) is 0 Å². The van der Waals surface area contributed by atoms with E-state index < -0.39 is 5.97 Å². The summed E-state index contributed by atoms with van der Waals surface area (Å²) in [5, 5.41) is 8.70. The Balaban J connectivity index is 2.00. The molecule has 0 aromatic heterocycles. The van der Waals surface area contributed by atoms with Crippen LogP contribution in [0.3, 0.4) is 0 Å². The van der Waals surface area contributed by atoms with Gasteiger partial charge in [-0.05, 0) is 47.9 Å². The van der Waals surface area contributed by atoms with E-state index >= 15 is 0 Å². The number of carboxylic acids is 1. The first-order valence-electron chi connectivity index (χ1n) is 6.23. The van der Waals surface area contributed by atoms with Gasteiger partial charge >= 0.3 is 5.97 Å². The molecule has 0 fully saturated rings. The maximum absolute atomic E-state index is 13.2. The number of hydrogen-bond acceptors (Lipinski definition) is 2. The van der Waals surface area contributed by atoms with E-state index in [-0.39, 0.29) is 12.2 Å². The fraction of sp³-hybridized carbons (Fsp3) is 0.188. The number of carboxylic acid groups (broad SMARTS) is 1. The molecular formula is C16H15FO2S. The lowest BCUT2D eigenvalue weighted by molar-refractivity contribution is -0.136. The third kappa shape index (κ3) is 4.10. The van der Waals surface area contributed by atoms with E-state index in [2.05, 4.69) is 0 Å². The van der Waals surface area contributed by atoms with Crippen molar-refractivity contribution in [1.82, 2.24) is 0 Å². The Morgan fingerprint density at radius 3 is 2.55 bits per heavy atom. The fourth-order valence-corrected chi connectivity index (χ4v) is 2.80. The largest absolute Gasteiger partial charge is 0.481 e. The van der Waals surface area contributed by atoms with Crippen LogP contribution in [0.2, 0.25) is 0 Å². The summed E-state index contributed by atoms with van der Waals surface area (Å²) in [6.45, 7) is 1.96. The zero-order valence-electron chi connectivity index (χ0n) is 11.1. The van der Waals surface area contributed by atoms with Gasteiger partial charge in [0.05, 0.1) is 6.42 Å². The van der Waals surface area contributed by atoms with E-state index in [1.165, 1.54) is 6.07 Å². The van der Waals surface area contributed by atoms with Crippen molar-refractivity contribution in [1.29, 1.82) is 0 Å². The Morgan fingerprint density at radius 1 is 1.20 bits per heavy atom. The Labute approximate surface area is 121 Å². The summed E-state index contributed by atoms with van der Waals surface area (Å²) in [5.74, 6) is -0.356. The van der Waals surface area contributed by atoms with Gasteiger partial charge in [-0.15, -0.1) is 11.8 Å². The molecule has 0 heterocycles. The lowest BCUT2D eigenvalue weighted by Crippen LogP contribution is -1.99. The highest BCUT2D eigenvalue weighted by molar-refractivity contribution is 7.98. The van der Waals surface area contributed by atoms with Gasteiger partial charge in [0.1, 0.15) is 5.82 Å². The van der Waals surface area contributed by atoms with Gasteiger partial charge in [-0.25, -0.2) is 4.39 Å². The molecule has 0 aliphatic carbocycles. The number of aryl methyl sites for hydroxylation is 1. The molecule has 0 amide bonds. The normalized spacial score (nSPS) is 10.5. The van der Waals surface area contributed by atoms with Crippen LogP contribution in [0.1, 0.15) is 16.7 Å². The molecule has 0 aliphatic rings. The molecular weight excluding hydrogens is 275 g/mol. The SMILES string of the molecule is Cc1ccc(F)cc1CSc1ccc(CC(=O)O)cc1. The molecule has 4 heteroatoms. The first kappa shape index (κ1) is 14.6. The van der Waals surface area contributed by atoms with Crippen LogP contribution < -0.4 is 0 Å². The lowest BCUT2D eigenvalue weighted by atomic mass is 10.1. The van der Waals surface area contributed by atoms with Crippen molar-refractivity contribution in [2.75, 3.05) is 0 Å². The molecule has 0 radical (unpaired) electrons. The minimum absolute atomic E-state index is 0.0357. The second-order valence-electron chi connectivity index (χ2n) is 4.57. The van der Waals surface area contributed by atoms with Crippen molar-refractivity contribution in [2.45, 2.75) is 24.0 Å². The van der Waals surface area contributed by atoms with E-state index in [1.807, 2.05) is 31.2 Å². The van der Waals surface area contributed by atoms with Gasteiger partial charge in [0.25, 0.3) is 0 Å². The van der Waals surface area contributed by atoms with E-state index in [4.69, 9.17) is 5.11 Å². The summed E-state index contributed by atoms with van der Waals surface area (Å²) in [5.41, 5.74) is 2.83. The predicted molar refractivity (Wildman–Crippen MR) is 78.5 cm³/mol. The van der Waals surface area contributed by atoms with Gasteiger partial charge in [-0.1, -0.05) is 18.2 Å². The molecule has 0 bridgehead atoms. The maximum atomic E-state index is 13.2. The van der Waals surface area contributed by atoms with Crippen molar-refractivity contribution in [2.24, 2.45) is 0 Å². The van der Waals surface area contributed by atoms with Gasteiger partial charge < -0.3 is 5.11 Å². The lowest BCUT2D eigenvalue weighted by Gasteiger charge is -2.06. The van der Waals surface area contributed by atoms with Crippen LogP contribution in [0.25, 0.3) is 0 Å². The molecule has 0 aliphatic heterocycles. The Kier molecular flexibility index (Phi) is 4.79. The van der Waals surface area contributed by atoms with Crippen molar-refractivity contribution in [3.63, 3.8) is 0 Å². The van der Waals surface area contributed by atoms with E-state index in [1.54, 1.807) is 23.9 Å². The molecule has 0 unspecified atom stereocenters. The van der Waals surface area contributed by atoms with Crippen LogP contribution in [0.5, 0.6) is 0 Å². The molecule has 20 heavy (non-hydrogen) atoms. The second kappa shape index (κ2) is 6.57. The van der Waals surface area contributed by atoms with E-state index in [0.29, 0.717) is 5.75 Å². The topological polar surface area (TPSA) is 37.3 Å². The Bertz CT molecular complexity index is 608. The minimum atomic E-state index is -0.833. The standard InChI is InChI=1S/C16H15FO2S/c1-11-2-5-14(17)9-13(11)10-20-15-6-3-12(4-7-15)8-16(18)19/h2-7,9H,8,10H2,1H3,(H,18,19). The maximum Gasteiger partial charge on any atom is 0.307 e. The number of rotatable bonds is 5. The van der Waals surface area contributed by atoms with Gasteiger partial charge in [0.15, 0.2) is 0 Å². The quantitative estimate of drug-likeness (QED) is 0.844. The van der Waals surface area contributed by atoms with Crippen LogP contribution in [0.15, 0.2) is 47.4 Å². The Morgan fingerprint density at radius 2 is 1.90 bits per heavy atom. The van der Waals surface area contributed by atoms with Crippen molar-refractivity contribution in [3.8, 4) is 0 Å². The smallest absolute Gasteiger partial charge is 0.307 e. The van der Waals surface area contributed by atoms with Crippen LogP contribution in [-0.2, 0) is 17.0 Å². The van der Waals surface area contributed by atoms with Crippen molar-refractivity contribution < 1.29 is 14.3 Å². The number of hydrogen-bond donors (Lipinski definition) is 1. The molecule has 2 aromatic rings. The minimum Gasteiger partial charge on any atom is -0.481 e. The number of thioether (sulfide) groups is 1. The summed E-state index contributed by atoms with van der Waals surface area (Å²) < 4.78 is 13.2. The molecule has 2 rings (SSSR count). The highest BCUT2D eigenvalue weighted by Crippen LogP contribution is 2.25. The number of benzene rings is 2.